The smallest absolute Gasteiger partial charge is 0.164 e. The van der Waals surface area contributed by atoms with E-state index in [4.69, 9.17) is 0 Å². The van der Waals surface area contributed by atoms with Gasteiger partial charge < -0.3 is 10.2 Å². The fraction of sp³-hybridized carbons (Fsp3) is 0.571. The number of benzene rings is 1. The molecule has 0 amide bonds. The van der Waals surface area contributed by atoms with Crippen LogP contribution < -0.4 is 0 Å². The topological polar surface area (TPSA) is 40.5 Å². The van der Waals surface area contributed by atoms with E-state index in [2.05, 4.69) is 0 Å². The Morgan fingerprint density at radius 3 is 2.11 bits per heavy atom. The van der Waals surface area contributed by atoms with E-state index in [0.717, 1.165) is 0 Å². The second-order valence-electron chi connectivity index (χ2n) is 4.61. The van der Waals surface area contributed by atoms with Crippen LogP contribution >= 0.6 is 0 Å². The highest BCUT2D eigenvalue weighted by Gasteiger charge is 2.28. The molecule has 0 radical (unpaired) electrons. The normalized spacial score (nSPS) is 14.9. The number of rotatable bonds is 5. The molecule has 1 aromatic carbocycles. The first-order valence-electron chi connectivity index (χ1n) is 6.24. The van der Waals surface area contributed by atoms with E-state index in [9.17, 15) is 19.0 Å². The van der Waals surface area contributed by atoms with Gasteiger partial charge in [0.1, 0.15) is 6.10 Å². The maximum absolute atomic E-state index is 13.7. The first-order chi connectivity index (χ1) is 8.43. The summed E-state index contributed by atoms with van der Waals surface area (Å²) in [5, 5.41) is 19.9. The molecule has 2 nitrogen and oxygen atoms in total. The van der Waals surface area contributed by atoms with Crippen LogP contribution in [0.15, 0.2) is 12.1 Å². The van der Waals surface area contributed by atoms with Crippen LogP contribution in [0.25, 0.3) is 0 Å². The van der Waals surface area contributed by atoms with Crippen LogP contribution in [0.4, 0.5) is 8.78 Å². The minimum absolute atomic E-state index is 0.135. The highest BCUT2D eigenvalue weighted by atomic mass is 19.2. The third kappa shape index (κ3) is 2.87. The predicted octanol–water partition coefficient (Wildman–Crippen LogP) is 3.10. The third-order valence-corrected chi connectivity index (χ3v) is 3.48. The Hall–Kier alpha value is -1.00. The first-order valence-corrected chi connectivity index (χ1v) is 6.24. The second kappa shape index (κ2) is 6.25. The monoisotopic (exact) mass is 258 g/mol. The van der Waals surface area contributed by atoms with E-state index < -0.39 is 23.8 Å². The molecule has 0 aliphatic carbocycles. The Morgan fingerprint density at radius 2 is 1.61 bits per heavy atom. The number of hydrogen-bond donors (Lipinski definition) is 2. The van der Waals surface area contributed by atoms with Gasteiger partial charge in [-0.3, -0.25) is 0 Å². The van der Waals surface area contributed by atoms with Crippen LogP contribution in [-0.4, -0.2) is 16.3 Å². The van der Waals surface area contributed by atoms with Gasteiger partial charge in [-0.2, -0.15) is 0 Å². The van der Waals surface area contributed by atoms with Crippen LogP contribution in [0.2, 0.25) is 0 Å². The second-order valence-corrected chi connectivity index (χ2v) is 4.61. The van der Waals surface area contributed by atoms with Crippen LogP contribution in [-0.2, 0) is 0 Å². The van der Waals surface area contributed by atoms with Crippen LogP contribution in [0.1, 0.15) is 43.9 Å². The highest BCUT2D eigenvalue weighted by molar-refractivity contribution is 5.27. The van der Waals surface area contributed by atoms with Gasteiger partial charge in [-0.1, -0.05) is 38.8 Å². The van der Waals surface area contributed by atoms with Crippen LogP contribution in [0.3, 0.4) is 0 Å². The van der Waals surface area contributed by atoms with E-state index in [1.165, 1.54) is 19.1 Å². The summed E-state index contributed by atoms with van der Waals surface area (Å²) in [7, 11) is 0. The highest BCUT2D eigenvalue weighted by Crippen LogP contribution is 2.29. The zero-order valence-electron chi connectivity index (χ0n) is 11.0. The fourth-order valence-electron chi connectivity index (χ4n) is 2.10. The molecule has 0 saturated carbocycles. The zero-order chi connectivity index (χ0) is 13.9. The van der Waals surface area contributed by atoms with Crippen molar-refractivity contribution in [1.82, 2.24) is 0 Å². The van der Waals surface area contributed by atoms with Crippen molar-refractivity contribution in [3.05, 3.63) is 34.9 Å². The van der Waals surface area contributed by atoms with Gasteiger partial charge in [0.05, 0.1) is 6.10 Å². The number of hydrogen-bond acceptors (Lipinski definition) is 2. The maximum Gasteiger partial charge on any atom is 0.164 e. The number of aryl methyl sites for hydroxylation is 1. The molecular formula is C14H20F2O2. The molecule has 1 rings (SSSR count). The van der Waals surface area contributed by atoms with Gasteiger partial charge in [-0.05, 0) is 18.4 Å². The molecule has 2 N–H and O–H groups in total. The van der Waals surface area contributed by atoms with E-state index in [-0.39, 0.29) is 17.0 Å². The van der Waals surface area contributed by atoms with E-state index in [1.54, 1.807) is 0 Å². The van der Waals surface area contributed by atoms with Gasteiger partial charge in [0.15, 0.2) is 11.6 Å². The third-order valence-electron chi connectivity index (χ3n) is 3.48. The standard InChI is InChI=1S/C14H20F2O2/c1-4-9(5-2)13(17)14(18)10-7-6-8(3)11(15)12(10)16/h6-7,9,13-14,17-18H,4-5H2,1-3H3. The molecule has 0 bridgehead atoms. The SMILES string of the molecule is CCC(CC)C(O)C(O)c1ccc(C)c(F)c1F. The predicted molar refractivity (Wildman–Crippen MR) is 66.1 cm³/mol. The average molecular weight is 258 g/mol. The number of aliphatic hydroxyl groups is 2. The summed E-state index contributed by atoms with van der Waals surface area (Å²) >= 11 is 0. The van der Waals surface area contributed by atoms with Crippen molar-refractivity contribution in [2.75, 3.05) is 0 Å². The van der Waals surface area contributed by atoms with Gasteiger partial charge in [-0.15, -0.1) is 0 Å². The molecule has 0 fully saturated rings. The Kier molecular flexibility index (Phi) is 5.23. The lowest BCUT2D eigenvalue weighted by molar-refractivity contribution is -0.0228. The Balaban J connectivity index is 3.04. The average Bonchev–Trinajstić information content (AvgIpc) is 2.36. The van der Waals surface area contributed by atoms with Crippen molar-refractivity contribution in [2.24, 2.45) is 5.92 Å². The van der Waals surface area contributed by atoms with Crippen LogP contribution in [0, 0.1) is 24.5 Å². The first kappa shape index (κ1) is 15.1. The molecule has 1 aromatic rings. The van der Waals surface area contributed by atoms with Crippen molar-refractivity contribution in [3.8, 4) is 0 Å². The van der Waals surface area contributed by atoms with Gasteiger partial charge in [0.2, 0.25) is 0 Å². The van der Waals surface area contributed by atoms with Crippen molar-refractivity contribution >= 4 is 0 Å². The number of halogens is 2. The molecule has 0 aliphatic heterocycles. The summed E-state index contributed by atoms with van der Waals surface area (Å²) in [5.41, 5.74) is -0.00188. The van der Waals surface area contributed by atoms with Crippen molar-refractivity contribution in [1.29, 1.82) is 0 Å². The Bertz CT molecular complexity index is 403. The Morgan fingerprint density at radius 1 is 1.06 bits per heavy atom. The lowest BCUT2D eigenvalue weighted by atomic mass is 9.89. The summed E-state index contributed by atoms with van der Waals surface area (Å²) in [6.45, 7) is 5.22. The van der Waals surface area contributed by atoms with Gasteiger partial charge in [-0.25, -0.2) is 8.78 Å². The van der Waals surface area contributed by atoms with E-state index in [1.807, 2.05) is 13.8 Å². The molecule has 18 heavy (non-hydrogen) atoms. The summed E-state index contributed by atoms with van der Waals surface area (Å²) in [4.78, 5) is 0. The lowest BCUT2D eigenvalue weighted by Gasteiger charge is -2.25. The molecule has 2 atom stereocenters. The van der Waals surface area contributed by atoms with Gasteiger partial charge >= 0.3 is 0 Å². The van der Waals surface area contributed by atoms with Crippen LogP contribution in [0.5, 0.6) is 0 Å². The largest absolute Gasteiger partial charge is 0.390 e. The Labute approximate surface area is 106 Å². The van der Waals surface area contributed by atoms with Gasteiger partial charge in [0, 0.05) is 5.56 Å². The summed E-state index contributed by atoms with van der Waals surface area (Å²) in [6, 6.07) is 2.72. The quantitative estimate of drug-likeness (QED) is 0.852. The van der Waals surface area contributed by atoms with Crippen molar-refractivity contribution in [3.63, 3.8) is 0 Å². The van der Waals surface area contributed by atoms with E-state index in [0.29, 0.717) is 12.8 Å². The number of aliphatic hydroxyl groups excluding tert-OH is 2. The molecule has 102 valence electrons. The summed E-state index contributed by atoms with van der Waals surface area (Å²) in [6.07, 6.45) is -1.14. The zero-order valence-corrected chi connectivity index (χ0v) is 11.0. The molecule has 4 heteroatoms. The molecular weight excluding hydrogens is 238 g/mol. The lowest BCUT2D eigenvalue weighted by Crippen LogP contribution is -2.28. The van der Waals surface area contributed by atoms with Gasteiger partial charge in [0.25, 0.3) is 0 Å². The minimum Gasteiger partial charge on any atom is -0.390 e. The fourth-order valence-corrected chi connectivity index (χ4v) is 2.10. The molecule has 0 heterocycles. The van der Waals surface area contributed by atoms with Crippen molar-refractivity contribution in [2.45, 2.75) is 45.8 Å². The summed E-state index contributed by atoms with van der Waals surface area (Å²) < 4.78 is 27.1. The molecule has 0 aliphatic rings. The molecule has 2 unspecified atom stereocenters. The van der Waals surface area contributed by atoms with E-state index >= 15 is 0 Å². The molecule has 0 saturated heterocycles. The molecule has 0 aromatic heterocycles. The minimum atomic E-state index is -1.40. The maximum atomic E-state index is 13.7. The summed E-state index contributed by atoms with van der Waals surface area (Å²) in [5.74, 6) is -2.18. The molecule has 0 spiro atoms. The van der Waals surface area contributed by atoms with Crippen molar-refractivity contribution < 1.29 is 19.0 Å².